The van der Waals surface area contributed by atoms with Crippen LogP contribution < -0.4 is 20.7 Å². The SMILES string of the molecule is COc1cccc(Oc2cc(-n3c(=O)cc(C(F)(F)F)n(C)c3=O)c(F)cc2Br)c1. The van der Waals surface area contributed by atoms with Crippen molar-refractivity contribution < 1.29 is 27.0 Å². The van der Waals surface area contributed by atoms with Gasteiger partial charge >= 0.3 is 11.9 Å². The molecule has 30 heavy (non-hydrogen) atoms. The summed E-state index contributed by atoms with van der Waals surface area (Å²) < 4.78 is 65.1. The van der Waals surface area contributed by atoms with Crippen LogP contribution in [0.3, 0.4) is 0 Å². The Kier molecular flexibility index (Phi) is 5.75. The minimum absolute atomic E-state index is 0.0218. The van der Waals surface area contributed by atoms with Crippen LogP contribution in [0.25, 0.3) is 5.69 Å². The third-order valence-corrected chi connectivity index (χ3v) is 4.74. The van der Waals surface area contributed by atoms with Crippen molar-refractivity contribution in [1.29, 1.82) is 0 Å². The van der Waals surface area contributed by atoms with Crippen molar-refractivity contribution in [2.75, 3.05) is 7.11 Å². The third-order valence-electron chi connectivity index (χ3n) is 4.12. The van der Waals surface area contributed by atoms with E-state index >= 15 is 0 Å². The van der Waals surface area contributed by atoms with Crippen molar-refractivity contribution in [2.45, 2.75) is 6.18 Å². The predicted molar refractivity (Wildman–Crippen MR) is 103 cm³/mol. The topological polar surface area (TPSA) is 62.5 Å². The van der Waals surface area contributed by atoms with Gasteiger partial charge in [-0.2, -0.15) is 13.2 Å². The normalized spacial score (nSPS) is 11.4. The van der Waals surface area contributed by atoms with E-state index in [0.717, 1.165) is 19.2 Å². The van der Waals surface area contributed by atoms with Gasteiger partial charge in [-0.3, -0.25) is 9.36 Å². The van der Waals surface area contributed by atoms with Gasteiger partial charge in [0.05, 0.1) is 17.3 Å². The minimum atomic E-state index is -4.93. The summed E-state index contributed by atoms with van der Waals surface area (Å²) in [6.07, 6.45) is -4.93. The zero-order chi connectivity index (χ0) is 22.2. The van der Waals surface area contributed by atoms with E-state index in [-0.39, 0.29) is 20.9 Å². The molecule has 0 N–H and O–H groups in total. The fourth-order valence-corrected chi connectivity index (χ4v) is 3.08. The van der Waals surface area contributed by atoms with Gasteiger partial charge in [0.15, 0.2) is 0 Å². The Hall–Kier alpha value is -3.08. The lowest BCUT2D eigenvalue weighted by atomic mass is 10.2. The van der Waals surface area contributed by atoms with Crippen LogP contribution in [0.5, 0.6) is 17.2 Å². The summed E-state index contributed by atoms with van der Waals surface area (Å²) in [4.78, 5) is 24.7. The maximum Gasteiger partial charge on any atom is 0.431 e. The van der Waals surface area contributed by atoms with E-state index in [4.69, 9.17) is 9.47 Å². The molecule has 0 aliphatic heterocycles. The van der Waals surface area contributed by atoms with Gasteiger partial charge < -0.3 is 9.47 Å². The maximum atomic E-state index is 14.6. The molecule has 0 bridgehead atoms. The van der Waals surface area contributed by atoms with Gasteiger partial charge in [-0.05, 0) is 34.1 Å². The first-order valence-electron chi connectivity index (χ1n) is 8.24. The Labute approximate surface area is 175 Å². The van der Waals surface area contributed by atoms with Crippen molar-refractivity contribution in [1.82, 2.24) is 9.13 Å². The van der Waals surface area contributed by atoms with Gasteiger partial charge in [-0.25, -0.2) is 13.8 Å². The molecule has 0 atom stereocenters. The van der Waals surface area contributed by atoms with Crippen molar-refractivity contribution in [3.63, 3.8) is 0 Å². The lowest BCUT2D eigenvalue weighted by Crippen LogP contribution is -2.41. The fraction of sp³-hybridized carbons (Fsp3) is 0.158. The van der Waals surface area contributed by atoms with Crippen LogP contribution in [-0.4, -0.2) is 16.2 Å². The van der Waals surface area contributed by atoms with E-state index in [0.29, 0.717) is 16.1 Å². The first-order chi connectivity index (χ1) is 14.0. The van der Waals surface area contributed by atoms with E-state index in [1.165, 1.54) is 7.11 Å². The number of aromatic nitrogens is 2. The van der Waals surface area contributed by atoms with Gasteiger partial charge in [0, 0.05) is 25.2 Å². The van der Waals surface area contributed by atoms with Crippen LogP contribution in [-0.2, 0) is 13.2 Å². The molecular formula is C19H13BrF4N2O4. The average molecular weight is 489 g/mol. The molecule has 0 aliphatic carbocycles. The zero-order valence-electron chi connectivity index (χ0n) is 15.5. The summed E-state index contributed by atoms with van der Waals surface area (Å²) in [6, 6.07) is 8.64. The molecule has 0 spiro atoms. The standard InChI is InChI=1S/C19H13BrF4N2O4/c1-25-16(19(22,23)24)9-17(27)26(18(25)28)14-8-15(12(20)7-13(14)21)30-11-5-3-4-10(6-11)29-2/h3-9H,1-2H3. The second-order valence-corrected chi connectivity index (χ2v) is 6.91. The first-order valence-corrected chi connectivity index (χ1v) is 9.04. The quantitative estimate of drug-likeness (QED) is 0.515. The molecule has 3 rings (SSSR count). The van der Waals surface area contributed by atoms with E-state index in [2.05, 4.69) is 15.9 Å². The molecule has 0 unspecified atom stereocenters. The highest BCUT2D eigenvalue weighted by molar-refractivity contribution is 9.10. The molecule has 0 aliphatic rings. The van der Waals surface area contributed by atoms with E-state index < -0.39 is 34.6 Å². The number of methoxy groups -OCH3 is 1. The van der Waals surface area contributed by atoms with Crippen LogP contribution in [0.4, 0.5) is 17.6 Å². The molecule has 11 heteroatoms. The van der Waals surface area contributed by atoms with Crippen LogP contribution in [0.1, 0.15) is 5.69 Å². The van der Waals surface area contributed by atoms with Crippen LogP contribution in [0.15, 0.2) is 56.5 Å². The smallest absolute Gasteiger partial charge is 0.431 e. The Morgan fingerprint density at radius 1 is 1.03 bits per heavy atom. The summed E-state index contributed by atoms with van der Waals surface area (Å²) in [5.74, 6) is -0.202. The number of rotatable bonds is 4. The van der Waals surface area contributed by atoms with Crippen molar-refractivity contribution in [3.05, 3.63) is 79.3 Å². The number of nitrogens with zero attached hydrogens (tertiary/aromatic N) is 2. The highest BCUT2D eigenvalue weighted by Gasteiger charge is 2.35. The monoisotopic (exact) mass is 488 g/mol. The molecule has 0 amide bonds. The summed E-state index contributed by atoms with van der Waals surface area (Å²) >= 11 is 3.12. The van der Waals surface area contributed by atoms with E-state index in [1.54, 1.807) is 24.3 Å². The largest absolute Gasteiger partial charge is 0.497 e. The van der Waals surface area contributed by atoms with Crippen molar-refractivity contribution >= 4 is 15.9 Å². The number of benzene rings is 2. The van der Waals surface area contributed by atoms with Crippen LogP contribution in [0.2, 0.25) is 0 Å². The number of halogens is 5. The molecule has 6 nitrogen and oxygen atoms in total. The molecule has 0 saturated heterocycles. The lowest BCUT2D eigenvalue weighted by molar-refractivity contribution is -0.144. The Morgan fingerprint density at radius 2 is 1.70 bits per heavy atom. The van der Waals surface area contributed by atoms with Crippen molar-refractivity contribution in [3.8, 4) is 22.9 Å². The van der Waals surface area contributed by atoms with Gasteiger partial charge in [0.25, 0.3) is 5.56 Å². The van der Waals surface area contributed by atoms with E-state index in [9.17, 15) is 27.2 Å². The molecule has 3 aromatic rings. The summed E-state index contributed by atoms with van der Waals surface area (Å²) in [6.45, 7) is 0. The van der Waals surface area contributed by atoms with Gasteiger partial charge in [0.2, 0.25) is 0 Å². The van der Waals surface area contributed by atoms with Crippen molar-refractivity contribution in [2.24, 2.45) is 7.05 Å². The minimum Gasteiger partial charge on any atom is -0.497 e. The van der Waals surface area contributed by atoms with Gasteiger partial charge in [0.1, 0.15) is 28.8 Å². The Balaban J connectivity index is 2.16. The Bertz CT molecular complexity index is 1230. The molecule has 158 valence electrons. The van der Waals surface area contributed by atoms with Crippen LogP contribution in [0, 0.1) is 5.82 Å². The molecule has 0 radical (unpaired) electrons. The fourth-order valence-electron chi connectivity index (χ4n) is 2.68. The number of alkyl halides is 3. The maximum absolute atomic E-state index is 14.6. The predicted octanol–water partition coefficient (Wildman–Crippen LogP) is 4.26. The highest BCUT2D eigenvalue weighted by Crippen LogP contribution is 2.34. The van der Waals surface area contributed by atoms with E-state index in [1.807, 2.05) is 0 Å². The summed E-state index contributed by atoms with van der Waals surface area (Å²) in [7, 11) is 2.29. The summed E-state index contributed by atoms with van der Waals surface area (Å²) in [5.41, 5.74) is -4.70. The zero-order valence-corrected chi connectivity index (χ0v) is 17.0. The number of hydrogen-bond acceptors (Lipinski definition) is 4. The number of ether oxygens (including phenoxy) is 2. The Morgan fingerprint density at radius 3 is 2.33 bits per heavy atom. The first kappa shape index (κ1) is 21.6. The molecule has 0 fully saturated rings. The molecule has 1 heterocycles. The summed E-state index contributed by atoms with van der Waals surface area (Å²) in [5, 5.41) is 0. The third kappa shape index (κ3) is 4.11. The second kappa shape index (κ2) is 7.98. The number of hydrogen-bond donors (Lipinski definition) is 0. The van der Waals surface area contributed by atoms with Gasteiger partial charge in [-0.1, -0.05) is 6.07 Å². The van der Waals surface area contributed by atoms with Crippen LogP contribution >= 0.6 is 15.9 Å². The molecular weight excluding hydrogens is 476 g/mol. The molecule has 0 saturated carbocycles. The van der Waals surface area contributed by atoms with Gasteiger partial charge in [-0.15, -0.1) is 0 Å². The highest BCUT2D eigenvalue weighted by atomic mass is 79.9. The molecule has 2 aromatic carbocycles. The second-order valence-electron chi connectivity index (χ2n) is 6.06. The lowest BCUT2D eigenvalue weighted by Gasteiger charge is -2.15. The average Bonchev–Trinajstić information content (AvgIpc) is 2.67. The molecule has 1 aromatic heterocycles.